The van der Waals surface area contributed by atoms with Gasteiger partial charge in [-0.3, -0.25) is 4.98 Å². The Labute approximate surface area is 134 Å². The minimum absolute atomic E-state index is 0.292. The van der Waals surface area contributed by atoms with Crippen molar-refractivity contribution in [2.24, 2.45) is 0 Å². The van der Waals surface area contributed by atoms with Gasteiger partial charge in [0.2, 0.25) is 0 Å². The van der Waals surface area contributed by atoms with Gasteiger partial charge in [0.25, 0.3) is 0 Å². The van der Waals surface area contributed by atoms with E-state index in [1.165, 1.54) is 24.3 Å². The van der Waals surface area contributed by atoms with Crippen molar-refractivity contribution in [2.75, 3.05) is 0 Å². The van der Waals surface area contributed by atoms with Gasteiger partial charge in [-0.15, -0.1) is 0 Å². The molecule has 0 aliphatic heterocycles. The minimum Gasteiger partial charge on any atom is -0.263 e. The summed E-state index contributed by atoms with van der Waals surface area (Å²) in [6.07, 6.45) is 3.39. The first-order valence-electron chi connectivity index (χ1n) is 6.30. The lowest BCUT2D eigenvalue weighted by Gasteiger charge is -2.10. The third-order valence-corrected chi connectivity index (χ3v) is 4.31. The van der Waals surface area contributed by atoms with Crippen molar-refractivity contribution >= 4 is 22.6 Å². The molecule has 1 aromatic heterocycles. The highest BCUT2D eigenvalue weighted by Crippen LogP contribution is 2.32. The zero-order valence-corrected chi connectivity index (χ0v) is 13.0. The molecule has 0 amide bonds. The molecule has 21 heavy (non-hydrogen) atoms. The number of hydrogen-bond acceptors (Lipinski definition) is 1. The lowest BCUT2D eigenvalue weighted by molar-refractivity contribution is 0.628. The van der Waals surface area contributed by atoms with Crippen molar-refractivity contribution in [3.8, 4) is 22.3 Å². The molecule has 0 bridgehead atoms. The summed E-state index contributed by atoms with van der Waals surface area (Å²) in [5, 5.41) is 0. The number of rotatable bonds is 2. The quantitative estimate of drug-likeness (QED) is 0.539. The molecule has 1 heterocycles. The van der Waals surface area contributed by atoms with E-state index in [1.54, 1.807) is 24.5 Å². The number of aromatic nitrogens is 1. The van der Waals surface area contributed by atoms with E-state index in [2.05, 4.69) is 27.6 Å². The molecule has 0 N–H and O–H groups in total. The van der Waals surface area contributed by atoms with Gasteiger partial charge in [0, 0.05) is 27.1 Å². The third kappa shape index (κ3) is 2.95. The van der Waals surface area contributed by atoms with E-state index in [4.69, 9.17) is 0 Å². The van der Waals surface area contributed by atoms with Crippen molar-refractivity contribution in [3.63, 3.8) is 0 Å². The molecule has 3 aromatic rings. The molecular formula is C17H10F2IN. The van der Waals surface area contributed by atoms with Gasteiger partial charge in [0.15, 0.2) is 0 Å². The molecule has 4 heteroatoms. The van der Waals surface area contributed by atoms with E-state index in [0.717, 1.165) is 25.8 Å². The largest absolute Gasteiger partial charge is 0.263 e. The smallest absolute Gasteiger partial charge is 0.123 e. The van der Waals surface area contributed by atoms with E-state index >= 15 is 0 Å². The molecule has 3 rings (SSSR count). The fourth-order valence-electron chi connectivity index (χ4n) is 2.16. The Hall–Kier alpha value is -1.82. The van der Waals surface area contributed by atoms with Crippen LogP contribution in [0.5, 0.6) is 0 Å². The van der Waals surface area contributed by atoms with Crippen LogP contribution in [0.3, 0.4) is 0 Å². The molecule has 0 fully saturated rings. The van der Waals surface area contributed by atoms with Crippen LogP contribution < -0.4 is 0 Å². The highest BCUT2D eigenvalue weighted by Gasteiger charge is 2.11. The molecule has 0 spiro atoms. The van der Waals surface area contributed by atoms with Gasteiger partial charge >= 0.3 is 0 Å². The van der Waals surface area contributed by atoms with Gasteiger partial charge in [0.1, 0.15) is 11.6 Å². The molecule has 0 saturated heterocycles. The van der Waals surface area contributed by atoms with E-state index in [-0.39, 0.29) is 11.6 Å². The molecule has 0 radical (unpaired) electrons. The normalized spacial score (nSPS) is 10.6. The maximum Gasteiger partial charge on any atom is 0.123 e. The molecule has 0 atom stereocenters. The predicted octanol–water partition coefficient (Wildman–Crippen LogP) is 5.30. The summed E-state index contributed by atoms with van der Waals surface area (Å²) < 4.78 is 27.7. The maximum absolute atomic E-state index is 13.4. The summed E-state index contributed by atoms with van der Waals surface area (Å²) in [7, 11) is 0. The van der Waals surface area contributed by atoms with Crippen LogP contribution in [0.4, 0.5) is 8.78 Å². The second kappa shape index (κ2) is 5.89. The number of benzene rings is 2. The van der Waals surface area contributed by atoms with Crippen molar-refractivity contribution in [3.05, 3.63) is 76.1 Å². The summed E-state index contributed by atoms with van der Waals surface area (Å²) in [4.78, 5) is 4.21. The van der Waals surface area contributed by atoms with Crippen LogP contribution in [0.15, 0.2) is 60.9 Å². The highest BCUT2D eigenvalue weighted by atomic mass is 127. The van der Waals surface area contributed by atoms with Crippen LogP contribution in [0.1, 0.15) is 0 Å². The Morgan fingerprint density at radius 1 is 0.762 bits per heavy atom. The molecular weight excluding hydrogens is 383 g/mol. The van der Waals surface area contributed by atoms with Gasteiger partial charge in [-0.25, -0.2) is 8.78 Å². The fourth-order valence-corrected chi connectivity index (χ4v) is 3.06. The topological polar surface area (TPSA) is 12.9 Å². The summed E-state index contributed by atoms with van der Waals surface area (Å²) in [6.45, 7) is 0. The molecule has 0 aliphatic carbocycles. The lowest BCUT2D eigenvalue weighted by Crippen LogP contribution is -1.91. The van der Waals surface area contributed by atoms with Crippen LogP contribution in [-0.4, -0.2) is 4.98 Å². The first kappa shape index (κ1) is 14.1. The Morgan fingerprint density at radius 3 is 1.67 bits per heavy atom. The van der Waals surface area contributed by atoms with E-state index < -0.39 is 0 Å². The maximum atomic E-state index is 13.4. The first-order valence-corrected chi connectivity index (χ1v) is 7.38. The molecule has 1 nitrogen and oxygen atoms in total. The average Bonchev–Trinajstić information content (AvgIpc) is 2.47. The van der Waals surface area contributed by atoms with Gasteiger partial charge in [0.05, 0.1) is 0 Å². The van der Waals surface area contributed by atoms with Crippen molar-refractivity contribution in [1.29, 1.82) is 0 Å². The standard InChI is InChI=1S/C17H10F2IN/c18-13-5-1-3-11(7-13)15-9-21-10-16(17(15)20)12-4-2-6-14(19)8-12/h1-10H. The first-order chi connectivity index (χ1) is 10.1. The number of nitrogens with zero attached hydrogens (tertiary/aromatic N) is 1. The zero-order chi connectivity index (χ0) is 14.8. The average molecular weight is 393 g/mol. The summed E-state index contributed by atoms with van der Waals surface area (Å²) in [5.41, 5.74) is 3.17. The summed E-state index contributed by atoms with van der Waals surface area (Å²) in [6, 6.07) is 12.7. The fraction of sp³-hybridized carbons (Fsp3) is 0. The van der Waals surface area contributed by atoms with Crippen LogP contribution >= 0.6 is 22.6 Å². The van der Waals surface area contributed by atoms with E-state index in [1.807, 2.05) is 12.1 Å². The molecule has 2 aromatic carbocycles. The monoisotopic (exact) mass is 393 g/mol. The van der Waals surface area contributed by atoms with Crippen molar-refractivity contribution < 1.29 is 8.78 Å². The molecule has 0 unspecified atom stereocenters. The van der Waals surface area contributed by atoms with Crippen LogP contribution in [0.25, 0.3) is 22.3 Å². The number of pyridine rings is 1. The lowest BCUT2D eigenvalue weighted by atomic mass is 10.0. The SMILES string of the molecule is Fc1cccc(-c2cncc(-c3cccc(F)c3)c2I)c1. The van der Waals surface area contributed by atoms with E-state index in [9.17, 15) is 8.78 Å². The molecule has 104 valence electrons. The van der Waals surface area contributed by atoms with Crippen molar-refractivity contribution in [1.82, 2.24) is 4.98 Å². The summed E-state index contributed by atoms with van der Waals surface area (Å²) in [5.74, 6) is -0.584. The van der Waals surface area contributed by atoms with Crippen molar-refractivity contribution in [2.45, 2.75) is 0 Å². The second-order valence-corrected chi connectivity index (χ2v) is 5.65. The number of hydrogen-bond donors (Lipinski definition) is 0. The Bertz CT molecular complexity index is 739. The third-order valence-electron chi connectivity index (χ3n) is 3.15. The van der Waals surface area contributed by atoms with Crippen LogP contribution in [-0.2, 0) is 0 Å². The van der Waals surface area contributed by atoms with Crippen LogP contribution in [0, 0.1) is 15.2 Å². The van der Waals surface area contributed by atoms with E-state index in [0.29, 0.717) is 0 Å². The van der Waals surface area contributed by atoms with Gasteiger partial charge in [-0.1, -0.05) is 24.3 Å². The zero-order valence-electron chi connectivity index (χ0n) is 10.9. The Morgan fingerprint density at radius 2 is 1.24 bits per heavy atom. The molecule has 0 aliphatic rings. The summed E-state index contributed by atoms with van der Waals surface area (Å²) >= 11 is 2.19. The Balaban J connectivity index is 2.16. The highest BCUT2D eigenvalue weighted by molar-refractivity contribution is 14.1. The Kier molecular flexibility index (Phi) is 3.96. The minimum atomic E-state index is -0.292. The van der Waals surface area contributed by atoms with Gasteiger partial charge in [-0.05, 0) is 58.0 Å². The van der Waals surface area contributed by atoms with Crippen LogP contribution in [0.2, 0.25) is 0 Å². The number of halogens is 3. The van der Waals surface area contributed by atoms with Gasteiger partial charge < -0.3 is 0 Å². The predicted molar refractivity (Wildman–Crippen MR) is 87.7 cm³/mol. The molecule has 0 saturated carbocycles. The van der Waals surface area contributed by atoms with Gasteiger partial charge in [-0.2, -0.15) is 0 Å². The second-order valence-electron chi connectivity index (χ2n) is 4.57.